The molecule has 2 heterocycles. The fraction of sp³-hybridized carbons (Fsp3) is 0.286. The van der Waals surface area contributed by atoms with Gasteiger partial charge in [-0.2, -0.15) is 5.10 Å². The average Bonchev–Trinajstić information content (AvgIpc) is 3.34. The summed E-state index contributed by atoms with van der Waals surface area (Å²) in [5.74, 6) is 0.629. The maximum absolute atomic E-state index is 12.8. The van der Waals surface area contributed by atoms with Gasteiger partial charge in [0.15, 0.2) is 5.16 Å². The van der Waals surface area contributed by atoms with E-state index >= 15 is 0 Å². The molecule has 0 saturated heterocycles. The van der Waals surface area contributed by atoms with Crippen LogP contribution in [0.4, 0.5) is 5.69 Å². The second kappa shape index (κ2) is 8.48. The summed E-state index contributed by atoms with van der Waals surface area (Å²) < 4.78 is 0. The van der Waals surface area contributed by atoms with Gasteiger partial charge in [0.1, 0.15) is 6.33 Å². The summed E-state index contributed by atoms with van der Waals surface area (Å²) in [5, 5.41) is 10.5. The van der Waals surface area contributed by atoms with E-state index in [1.54, 1.807) is 0 Å². The molecule has 28 heavy (non-hydrogen) atoms. The van der Waals surface area contributed by atoms with Crippen LogP contribution in [0.25, 0.3) is 0 Å². The molecule has 7 heteroatoms. The van der Waals surface area contributed by atoms with Crippen molar-refractivity contribution in [2.24, 2.45) is 0 Å². The summed E-state index contributed by atoms with van der Waals surface area (Å²) in [4.78, 5) is 19.2. The molecule has 0 fully saturated rings. The van der Waals surface area contributed by atoms with E-state index in [1.807, 2.05) is 24.3 Å². The molecule has 0 aliphatic carbocycles. The van der Waals surface area contributed by atoms with Crippen molar-refractivity contribution >= 4 is 23.4 Å². The van der Waals surface area contributed by atoms with Crippen molar-refractivity contribution in [2.75, 3.05) is 18.0 Å². The molecule has 1 atom stereocenters. The molecule has 0 bridgehead atoms. The van der Waals surface area contributed by atoms with Crippen molar-refractivity contribution in [1.29, 1.82) is 0 Å². The number of hydrogen-bond donors (Lipinski definition) is 2. The summed E-state index contributed by atoms with van der Waals surface area (Å²) in [6, 6.07) is 16.7. The van der Waals surface area contributed by atoms with Gasteiger partial charge in [-0.05, 0) is 36.6 Å². The van der Waals surface area contributed by atoms with E-state index in [2.05, 4.69) is 56.6 Å². The minimum atomic E-state index is -0.0334. The zero-order valence-electron chi connectivity index (χ0n) is 15.8. The normalized spacial score (nSPS) is 15.5. The Kier molecular flexibility index (Phi) is 5.62. The first-order valence-electron chi connectivity index (χ1n) is 9.41. The quantitative estimate of drug-likeness (QED) is 0.603. The van der Waals surface area contributed by atoms with Crippen LogP contribution in [-0.4, -0.2) is 40.2 Å². The Morgan fingerprint density at radius 2 is 2.07 bits per heavy atom. The predicted octanol–water partition coefficient (Wildman–Crippen LogP) is 3.28. The average molecular weight is 394 g/mol. The second-order valence-corrected chi connectivity index (χ2v) is 7.83. The molecule has 1 aliphatic heterocycles. The lowest BCUT2D eigenvalue weighted by Gasteiger charge is -2.25. The van der Waals surface area contributed by atoms with E-state index in [9.17, 15) is 4.79 Å². The fourth-order valence-electron chi connectivity index (χ4n) is 3.63. The van der Waals surface area contributed by atoms with Crippen molar-refractivity contribution in [3.05, 3.63) is 71.5 Å². The Morgan fingerprint density at radius 3 is 2.93 bits per heavy atom. The van der Waals surface area contributed by atoms with Gasteiger partial charge in [-0.1, -0.05) is 48.2 Å². The number of benzene rings is 2. The first-order chi connectivity index (χ1) is 13.7. The van der Waals surface area contributed by atoms with Gasteiger partial charge < -0.3 is 10.2 Å². The molecular weight excluding hydrogens is 370 g/mol. The van der Waals surface area contributed by atoms with Crippen LogP contribution in [-0.2, 0) is 12.2 Å². The Morgan fingerprint density at radius 1 is 1.25 bits per heavy atom. The van der Waals surface area contributed by atoms with Crippen LogP contribution in [0.3, 0.4) is 0 Å². The monoisotopic (exact) mass is 393 g/mol. The van der Waals surface area contributed by atoms with Gasteiger partial charge in [0.25, 0.3) is 5.91 Å². The molecule has 6 nitrogen and oxygen atoms in total. The number of H-pyrrole nitrogens is 1. The SMILES string of the molecule is CC1Cc2ccccc2N1CCNC(=O)c1ccccc1CSc1ncn[nH]1. The topological polar surface area (TPSA) is 73.9 Å². The van der Waals surface area contributed by atoms with E-state index < -0.39 is 0 Å². The van der Waals surface area contributed by atoms with Gasteiger partial charge >= 0.3 is 0 Å². The smallest absolute Gasteiger partial charge is 0.251 e. The summed E-state index contributed by atoms with van der Waals surface area (Å²) in [5.41, 5.74) is 4.37. The summed E-state index contributed by atoms with van der Waals surface area (Å²) >= 11 is 1.53. The van der Waals surface area contributed by atoms with E-state index in [1.165, 1.54) is 29.3 Å². The fourth-order valence-corrected chi connectivity index (χ4v) is 4.42. The number of aromatic nitrogens is 3. The molecule has 4 rings (SSSR count). The standard InChI is InChI=1S/C21H23N5OS/c1-15-12-16-6-3-5-9-19(16)26(15)11-10-22-20(27)18-8-4-2-7-17(18)13-28-21-23-14-24-25-21/h2-9,14-15H,10-13H2,1H3,(H,22,27)(H,23,24,25). The summed E-state index contributed by atoms with van der Waals surface area (Å²) in [7, 11) is 0. The van der Waals surface area contributed by atoms with Gasteiger partial charge in [0.05, 0.1) is 0 Å². The number of nitrogens with zero attached hydrogens (tertiary/aromatic N) is 3. The zero-order valence-corrected chi connectivity index (χ0v) is 16.6. The van der Waals surface area contributed by atoms with E-state index in [0.29, 0.717) is 23.9 Å². The third-order valence-electron chi connectivity index (χ3n) is 5.01. The van der Waals surface area contributed by atoms with Crippen LogP contribution < -0.4 is 10.2 Å². The lowest BCUT2D eigenvalue weighted by Crippen LogP contribution is -2.38. The number of fused-ring (bicyclic) bond motifs is 1. The molecule has 0 radical (unpaired) electrons. The number of amides is 1. The van der Waals surface area contributed by atoms with E-state index in [4.69, 9.17) is 0 Å². The Balaban J connectivity index is 1.35. The largest absolute Gasteiger partial charge is 0.367 e. The molecule has 0 spiro atoms. The molecule has 1 unspecified atom stereocenters. The van der Waals surface area contributed by atoms with Crippen molar-refractivity contribution in [2.45, 2.75) is 30.3 Å². The van der Waals surface area contributed by atoms with Gasteiger partial charge in [-0.3, -0.25) is 9.89 Å². The lowest BCUT2D eigenvalue weighted by molar-refractivity contribution is 0.0954. The van der Waals surface area contributed by atoms with Gasteiger partial charge in [-0.25, -0.2) is 4.98 Å². The van der Waals surface area contributed by atoms with Crippen LogP contribution >= 0.6 is 11.8 Å². The number of hydrogen-bond acceptors (Lipinski definition) is 5. The van der Waals surface area contributed by atoms with Crippen LogP contribution in [0.2, 0.25) is 0 Å². The number of carbonyl (C=O) groups is 1. The molecule has 2 aromatic carbocycles. The highest BCUT2D eigenvalue weighted by molar-refractivity contribution is 7.98. The van der Waals surface area contributed by atoms with E-state index in [-0.39, 0.29) is 5.91 Å². The zero-order chi connectivity index (χ0) is 19.3. The number of nitrogens with one attached hydrogen (secondary N) is 2. The number of para-hydroxylation sites is 1. The Labute approximate surface area is 168 Å². The number of aromatic amines is 1. The first-order valence-corrected chi connectivity index (χ1v) is 10.4. The van der Waals surface area contributed by atoms with Crippen molar-refractivity contribution in [3.63, 3.8) is 0 Å². The van der Waals surface area contributed by atoms with Crippen molar-refractivity contribution in [1.82, 2.24) is 20.5 Å². The highest BCUT2D eigenvalue weighted by Gasteiger charge is 2.25. The molecule has 3 aromatic rings. The second-order valence-electron chi connectivity index (χ2n) is 6.87. The van der Waals surface area contributed by atoms with E-state index in [0.717, 1.165) is 23.7 Å². The molecule has 1 amide bonds. The predicted molar refractivity (Wildman–Crippen MR) is 112 cm³/mol. The minimum absolute atomic E-state index is 0.0334. The van der Waals surface area contributed by atoms with Gasteiger partial charge in [0.2, 0.25) is 0 Å². The number of rotatable bonds is 7. The summed E-state index contributed by atoms with van der Waals surface area (Å²) in [6.07, 6.45) is 2.55. The Bertz CT molecular complexity index is 943. The third kappa shape index (κ3) is 4.04. The molecule has 144 valence electrons. The van der Waals surface area contributed by atoms with Crippen LogP contribution in [0, 0.1) is 0 Å². The third-order valence-corrected chi connectivity index (χ3v) is 5.93. The van der Waals surface area contributed by atoms with Crippen LogP contribution in [0.15, 0.2) is 60.0 Å². The maximum atomic E-state index is 12.8. The summed E-state index contributed by atoms with van der Waals surface area (Å²) in [6.45, 7) is 3.65. The highest BCUT2D eigenvalue weighted by atomic mass is 32.2. The van der Waals surface area contributed by atoms with Crippen LogP contribution in [0.5, 0.6) is 0 Å². The molecule has 0 saturated carbocycles. The maximum Gasteiger partial charge on any atom is 0.251 e. The molecule has 2 N–H and O–H groups in total. The molecular formula is C21H23N5OS. The first kappa shape index (κ1) is 18.6. The molecule has 1 aromatic heterocycles. The Hall–Kier alpha value is -2.80. The van der Waals surface area contributed by atoms with Gasteiger partial charge in [0, 0.05) is 36.1 Å². The lowest BCUT2D eigenvalue weighted by atomic mass is 10.1. The number of thioether (sulfide) groups is 1. The van der Waals surface area contributed by atoms with Gasteiger partial charge in [-0.15, -0.1) is 0 Å². The highest BCUT2D eigenvalue weighted by Crippen LogP contribution is 2.31. The molecule has 1 aliphatic rings. The van der Waals surface area contributed by atoms with Crippen molar-refractivity contribution in [3.8, 4) is 0 Å². The number of carbonyl (C=O) groups excluding carboxylic acids is 1. The van der Waals surface area contributed by atoms with Crippen LogP contribution in [0.1, 0.15) is 28.4 Å². The number of anilines is 1. The minimum Gasteiger partial charge on any atom is -0.367 e. The van der Waals surface area contributed by atoms with Crippen molar-refractivity contribution < 1.29 is 4.79 Å².